The minimum Gasteiger partial charge on any atom is -0.397 e. The SMILES string of the molecule is CO[Si](CCCCCC([Si])(CCCCC[Si](OC)OC)CCCCC[Si](OC)OC)OC. The monoisotopic (exact) mass is 520 g/mol. The highest BCUT2D eigenvalue weighted by molar-refractivity contribution is 6.44. The van der Waals surface area contributed by atoms with Gasteiger partial charge in [-0.05, 0) is 23.2 Å². The summed E-state index contributed by atoms with van der Waals surface area (Å²) in [6, 6.07) is 3.20. The minimum absolute atomic E-state index is 0.253. The van der Waals surface area contributed by atoms with Crippen LogP contribution in [-0.4, -0.2) is 80.8 Å². The highest BCUT2D eigenvalue weighted by atomic mass is 28.3. The van der Waals surface area contributed by atoms with Crippen LogP contribution in [0.4, 0.5) is 0 Å². The smallest absolute Gasteiger partial charge is 0.384 e. The van der Waals surface area contributed by atoms with Gasteiger partial charge in [0, 0.05) is 52.9 Å². The topological polar surface area (TPSA) is 55.4 Å². The van der Waals surface area contributed by atoms with Crippen molar-refractivity contribution in [3.63, 3.8) is 0 Å². The molecule has 0 amide bonds. The van der Waals surface area contributed by atoms with Crippen molar-refractivity contribution >= 4 is 38.1 Å². The van der Waals surface area contributed by atoms with Gasteiger partial charge < -0.3 is 26.6 Å². The molecule has 0 aromatic heterocycles. The Morgan fingerprint density at radius 1 is 0.438 bits per heavy atom. The zero-order valence-electron chi connectivity index (χ0n) is 21.6. The molecule has 32 heavy (non-hydrogen) atoms. The van der Waals surface area contributed by atoms with Gasteiger partial charge in [-0.25, -0.2) is 0 Å². The van der Waals surface area contributed by atoms with E-state index in [0.717, 1.165) is 18.1 Å². The summed E-state index contributed by atoms with van der Waals surface area (Å²) in [5.41, 5.74) is 0. The molecule has 6 nitrogen and oxygen atoms in total. The first-order chi connectivity index (χ1) is 15.5. The van der Waals surface area contributed by atoms with Crippen LogP contribution in [0.25, 0.3) is 0 Å². The van der Waals surface area contributed by atoms with Crippen molar-refractivity contribution in [1.29, 1.82) is 0 Å². The highest BCUT2D eigenvalue weighted by Crippen LogP contribution is 2.41. The Labute approximate surface area is 207 Å². The van der Waals surface area contributed by atoms with Crippen LogP contribution in [-0.2, 0) is 26.6 Å². The number of rotatable bonds is 24. The molecule has 0 heterocycles. The Morgan fingerprint density at radius 3 is 0.906 bits per heavy atom. The molecule has 0 fully saturated rings. The molecule has 0 saturated heterocycles. The van der Waals surface area contributed by atoms with E-state index in [-0.39, 0.29) is 5.04 Å². The van der Waals surface area contributed by atoms with Crippen LogP contribution >= 0.6 is 0 Å². The lowest BCUT2D eigenvalue weighted by Crippen LogP contribution is -2.19. The lowest BCUT2D eigenvalue weighted by atomic mass is 9.88. The van der Waals surface area contributed by atoms with Crippen LogP contribution < -0.4 is 0 Å². The molecular formula is C22H48O6Si4. The molecular weight excluding hydrogens is 473 g/mol. The Bertz CT molecular complexity index is 342. The Morgan fingerprint density at radius 2 is 0.688 bits per heavy atom. The third kappa shape index (κ3) is 17.1. The molecule has 0 saturated carbocycles. The summed E-state index contributed by atoms with van der Waals surface area (Å²) in [5, 5.41) is 0.253. The van der Waals surface area contributed by atoms with Gasteiger partial charge in [0.2, 0.25) is 0 Å². The van der Waals surface area contributed by atoms with E-state index in [1.807, 2.05) is 0 Å². The van der Waals surface area contributed by atoms with Crippen LogP contribution in [0.3, 0.4) is 0 Å². The van der Waals surface area contributed by atoms with Crippen LogP contribution in [0.2, 0.25) is 23.2 Å². The number of unbranched alkanes of at least 4 members (excludes halogenated alkanes) is 6. The molecule has 0 aromatic carbocycles. The van der Waals surface area contributed by atoms with Gasteiger partial charge in [-0.3, -0.25) is 0 Å². The standard InChI is InChI=1S/C22H48O6Si4/c1-23-30(24-2)19-13-7-10-16-22(29,17-11-8-14-20-31(25-3)26-4)18-12-9-15-21-32(27-5)28-6/h7-21H2,1-6H3. The predicted molar refractivity (Wildman–Crippen MR) is 138 cm³/mol. The molecule has 0 spiro atoms. The first kappa shape index (κ1) is 32.6. The largest absolute Gasteiger partial charge is 0.397 e. The first-order valence-corrected chi connectivity index (χ1v) is 17.1. The molecule has 6 radical (unpaired) electrons. The first-order valence-electron chi connectivity index (χ1n) is 12.0. The van der Waals surface area contributed by atoms with Gasteiger partial charge >= 0.3 is 27.9 Å². The van der Waals surface area contributed by atoms with Gasteiger partial charge in [0.1, 0.15) is 0 Å². The van der Waals surface area contributed by atoms with E-state index in [1.165, 1.54) is 77.0 Å². The zero-order chi connectivity index (χ0) is 24.1. The fourth-order valence-corrected chi connectivity index (χ4v) is 7.84. The van der Waals surface area contributed by atoms with Crippen molar-refractivity contribution in [2.75, 3.05) is 42.7 Å². The molecule has 0 aliphatic heterocycles. The van der Waals surface area contributed by atoms with Gasteiger partial charge in [0.25, 0.3) is 0 Å². The van der Waals surface area contributed by atoms with Crippen molar-refractivity contribution in [2.45, 2.75) is 100 Å². The molecule has 0 aliphatic carbocycles. The van der Waals surface area contributed by atoms with Crippen molar-refractivity contribution < 1.29 is 26.6 Å². The summed E-state index contributed by atoms with van der Waals surface area (Å²) in [4.78, 5) is 0. The second-order valence-electron chi connectivity index (χ2n) is 8.30. The third-order valence-corrected chi connectivity index (χ3v) is 11.7. The van der Waals surface area contributed by atoms with Gasteiger partial charge in [-0.2, -0.15) is 0 Å². The summed E-state index contributed by atoms with van der Waals surface area (Å²) in [7, 11) is 11.6. The summed E-state index contributed by atoms with van der Waals surface area (Å²) in [6.07, 6.45) is 14.8. The Balaban J connectivity index is 4.36. The molecule has 0 unspecified atom stereocenters. The third-order valence-electron chi connectivity index (χ3n) is 5.97. The molecule has 188 valence electrons. The Kier molecular flexibility index (Phi) is 22.5. The molecule has 0 bridgehead atoms. The summed E-state index contributed by atoms with van der Waals surface area (Å²) < 4.78 is 32.4. The second kappa shape index (κ2) is 22.1. The van der Waals surface area contributed by atoms with Gasteiger partial charge in [-0.15, -0.1) is 0 Å². The van der Waals surface area contributed by atoms with Gasteiger partial charge in [0.05, 0.1) is 0 Å². The van der Waals surface area contributed by atoms with Crippen LogP contribution in [0, 0.1) is 0 Å². The fourth-order valence-electron chi connectivity index (χ4n) is 3.97. The molecule has 0 aromatic rings. The zero-order valence-corrected chi connectivity index (χ0v) is 25.6. The van der Waals surface area contributed by atoms with Gasteiger partial charge in [-0.1, -0.05) is 77.0 Å². The van der Waals surface area contributed by atoms with E-state index in [1.54, 1.807) is 42.7 Å². The molecule has 10 heteroatoms. The van der Waals surface area contributed by atoms with Crippen molar-refractivity contribution in [2.24, 2.45) is 0 Å². The van der Waals surface area contributed by atoms with E-state index >= 15 is 0 Å². The van der Waals surface area contributed by atoms with Crippen molar-refractivity contribution in [1.82, 2.24) is 0 Å². The average Bonchev–Trinajstić information content (AvgIpc) is 2.81. The lowest BCUT2D eigenvalue weighted by molar-refractivity contribution is 0.275. The normalized spacial score (nSPS) is 12.6. The maximum absolute atomic E-state index is 5.40. The lowest BCUT2D eigenvalue weighted by Gasteiger charge is -2.30. The molecule has 0 N–H and O–H groups in total. The van der Waals surface area contributed by atoms with Gasteiger partial charge in [0.15, 0.2) is 0 Å². The van der Waals surface area contributed by atoms with E-state index in [2.05, 4.69) is 10.2 Å². The van der Waals surface area contributed by atoms with E-state index in [9.17, 15) is 0 Å². The quantitative estimate of drug-likeness (QED) is 0.126. The predicted octanol–water partition coefficient (Wildman–Crippen LogP) is 5.34. The maximum atomic E-state index is 5.40. The average molecular weight is 521 g/mol. The van der Waals surface area contributed by atoms with Crippen molar-refractivity contribution in [3.05, 3.63) is 0 Å². The van der Waals surface area contributed by atoms with Crippen LogP contribution in [0.1, 0.15) is 77.0 Å². The molecule has 0 atom stereocenters. The summed E-state index contributed by atoms with van der Waals surface area (Å²) in [6.45, 7) is 0. The Hall–Kier alpha value is 0.628. The van der Waals surface area contributed by atoms with E-state index in [0.29, 0.717) is 0 Å². The number of hydrogen-bond acceptors (Lipinski definition) is 6. The number of hydrogen-bond donors (Lipinski definition) is 0. The molecule has 0 rings (SSSR count). The van der Waals surface area contributed by atoms with E-state index in [4.69, 9.17) is 26.6 Å². The van der Waals surface area contributed by atoms with Crippen LogP contribution in [0.15, 0.2) is 0 Å². The maximum Gasteiger partial charge on any atom is 0.384 e. The minimum atomic E-state index is -1.05. The van der Waals surface area contributed by atoms with Crippen molar-refractivity contribution in [3.8, 4) is 0 Å². The fraction of sp³-hybridized carbons (Fsp3) is 1.00. The second-order valence-corrected chi connectivity index (χ2v) is 15.5. The highest BCUT2D eigenvalue weighted by Gasteiger charge is 2.24. The molecule has 0 aliphatic rings. The van der Waals surface area contributed by atoms with Crippen LogP contribution in [0.5, 0.6) is 0 Å². The summed E-state index contributed by atoms with van der Waals surface area (Å²) >= 11 is 0. The van der Waals surface area contributed by atoms with E-state index < -0.39 is 27.9 Å². The summed E-state index contributed by atoms with van der Waals surface area (Å²) in [5.74, 6) is 0.